The molecule has 0 radical (unpaired) electrons. The zero-order valence-electron chi connectivity index (χ0n) is 15.3. The summed E-state index contributed by atoms with van der Waals surface area (Å²) in [5.74, 6) is -1.14. The second-order valence-electron chi connectivity index (χ2n) is 6.19. The Labute approximate surface area is 158 Å². The zero-order valence-corrected chi connectivity index (χ0v) is 15.3. The number of carboxylic acid groups (broad SMARTS) is 1. The van der Waals surface area contributed by atoms with Crippen LogP contribution in [0.25, 0.3) is 0 Å². The van der Waals surface area contributed by atoms with Crippen LogP contribution in [-0.4, -0.2) is 29.6 Å². The number of carbonyl (C=O) groups excluding carboxylic acids is 1. The number of ether oxygens (including phenoxy) is 1. The van der Waals surface area contributed by atoms with E-state index in [4.69, 9.17) is 10.00 Å². The standard InChI is InChI=1S/C21H22N2O4/c1-3-21(20(25)26,17-10-5-4-6-11-17)14-23-19(24)15(2)27-18-12-8-7-9-16(18)13-22/h4-12,15H,3,14H2,1-2H3,(H,23,24)(H,25,26). The number of para-hydroxylation sites is 1. The van der Waals surface area contributed by atoms with Crippen molar-refractivity contribution >= 4 is 11.9 Å². The molecule has 2 unspecified atom stereocenters. The van der Waals surface area contributed by atoms with E-state index in [2.05, 4.69) is 5.32 Å². The van der Waals surface area contributed by atoms with E-state index in [1.807, 2.05) is 12.1 Å². The van der Waals surface area contributed by atoms with Crippen molar-refractivity contribution in [2.24, 2.45) is 0 Å². The Balaban J connectivity index is 2.12. The van der Waals surface area contributed by atoms with Crippen LogP contribution in [0.2, 0.25) is 0 Å². The number of benzene rings is 2. The van der Waals surface area contributed by atoms with Crippen LogP contribution in [0, 0.1) is 11.3 Å². The lowest BCUT2D eigenvalue weighted by atomic mass is 9.78. The molecule has 2 rings (SSSR count). The number of carbonyl (C=O) groups is 2. The lowest BCUT2D eigenvalue weighted by molar-refractivity contribution is -0.144. The van der Waals surface area contributed by atoms with E-state index < -0.39 is 23.4 Å². The number of amides is 1. The maximum atomic E-state index is 12.5. The molecule has 6 nitrogen and oxygen atoms in total. The molecule has 0 bridgehead atoms. The maximum Gasteiger partial charge on any atom is 0.315 e. The largest absolute Gasteiger partial charge is 0.481 e. The van der Waals surface area contributed by atoms with Crippen LogP contribution in [0.4, 0.5) is 0 Å². The summed E-state index contributed by atoms with van der Waals surface area (Å²) in [6.07, 6.45) is -0.558. The Morgan fingerprint density at radius 2 is 1.81 bits per heavy atom. The van der Waals surface area contributed by atoms with Crippen molar-refractivity contribution in [3.8, 4) is 11.8 Å². The molecule has 27 heavy (non-hydrogen) atoms. The predicted octanol–water partition coefficient (Wildman–Crippen LogP) is 2.87. The smallest absolute Gasteiger partial charge is 0.315 e. The number of hydrogen-bond donors (Lipinski definition) is 2. The van der Waals surface area contributed by atoms with Gasteiger partial charge in [-0.25, -0.2) is 0 Å². The van der Waals surface area contributed by atoms with Crippen molar-refractivity contribution in [2.75, 3.05) is 6.54 Å². The third kappa shape index (κ3) is 4.45. The van der Waals surface area contributed by atoms with Gasteiger partial charge in [-0.3, -0.25) is 9.59 Å². The molecule has 2 aromatic carbocycles. The Morgan fingerprint density at radius 3 is 2.41 bits per heavy atom. The van der Waals surface area contributed by atoms with Crippen molar-refractivity contribution in [2.45, 2.75) is 31.8 Å². The fourth-order valence-corrected chi connectivity index (χ4v) is 2.83. The van der Waals surface area contributed by atoms with Gasteiger partial charge >= 0.3 is 5.97 Å². The van der Waals surface area contributed by atoms with Gasteiger partial charge in [0, 0.05) is 6.54 Å². The van der Waals surface area contributed by atoms with E-state index in [0.717, 1.165) is 0 Å². The molecular formula is C21H22N2O4. The van der Waals surface area contributed by atoms with Gasteiger partial charge in [0.15, 0.2) is 6.10 Å². The van der Waals surface area contributed by atoms with E-state index >= 15 is 0 Å². The fraction of sp³-hybridized carbons (Fsp3) is 0.286. The highest BCUT2D eigenvalue weighted by molar-refractivity contribution is 5.85. The quantitative estimate of drug-likeness (QED) is 0.748. The SMILES string of the molecule is CCC(CNC(=O)C(C)Oc1ccccc1C#N)(C(=O)O)c1ccccc1. The van der Waals surface area contributed by atoms with Crippen LogP contribution in [0.15, 0.2) is 54.6 Å². The topological polar surface area (TPSA) is 99.4 Å². The first-order chi connectivity index (χ1) is 12.9. The summed E-state index contributed by atoms with van der Waals surface area (Å²) in [6, 6.07) is 17.5. The minimum absolute atomic E-state index is 0.0602. The van der Waals surface area contributed by atoms with Crippen LogP contribution < -0.4 is 10.1 Å². The average Bonchev–Trinajstić information content (AvgIpc) is 2.69. The predicted molar refractivity (Wildman–Crippen MR) is 100 cm³/mol. The third-order valence-electron chi connectivity index (χ3n) is 4.58. The van der Waals surface area contributed by atoms with E-state index in [-0.39, 0.29) is 6.54 Å². The number of nitriles is 1. The van der Waals surface area contributed by atoms with Gasteiger partial charge < -0.3 is 15.2 Å². The first-order valence-electron chi connectivity index (χ1n) is 8.67. The highest BCUT2D eigenvalue weighted by Gasteiger charge is 2.39. The normalized spacial score (nSPS) is 13.7. The summed E-state index contributed by atoms with van der Waals surface area (Å²) >= 11 is 0. The highest BCUT2D eigenvalue weighted by Crippen LogP contribution is 2.28. The van der Waals surface area contributed by atoms with Crippen molar-refractivity contribution in [1.82, 2.24) is 5.32 Å². The van der Waals surface area contributed by atoms with Crippen molar-refractivity contribution in [3.63, 3.8) is 0 Å². The fourth-order valence-electron chi connectivity index (χ4n) is 2.83. The van der Waals surface area contributed by atoms with Gasteiger partial charge in [-0.15, -0.1) is 0 Å². The molecule has 140 valence electrons. The minimum Gasteiger partial charge on any atom is -0.481 e. The summed E-state index contributed by atoms with van der Waals surface area (Å²) in [7, 11) is 0. The van der Waals surface area contributed by atoms with Gasteiger partial charge in [0.2, 0.25) is 0 Å². The lowest BCUT2D eigenvalue weighted by Gasteiger charge is -2.29. The Hall–Kier alpha value is -3.33. The van der Waals surface area contributed by atoms with E-state index in [0.29, 0.717) is 23.3 Å². The summed E-state index contributed by atoms with van der Waals surface area (Å²) in [6.45, 7) is 3.27. The molecule has 0 aliphatic carbocycles. The van der Waals surface area contributed by atoms with Crippen molar-refractivity contribution < 1.29 is 19.4 Å². The van der Waals surface area contributed by atoms with E-state index in [9.17, 15) is 14.7 Å². The van der Waals surface area contributed by atoms with E-state index in [1.165, 1.54) is 0 Å². The number of nitrogens with zero attached hydrogens (tertiary/aromatic N) is 1. The molecule has 0 spiro atoms. The number of aliphatic carboxylic acids is 1. The molecule has 0 saturated heterocycles. The molecular weight excluding hydrogens is 344 g/mol. The van der Waals surface area contributed by atoms with Crippen LogP contribution in [-0.2, 0) is 15.0 Å². The number of hydrogen-bond acceptors (Lipinski definition) is 4. The number of nitrogens with one attached hydrogen (secondary N) is 1. The second kappa shape index (κ2) is 8.86. The van der Waals surface area contributed by atoms with E-state index in [1.54, 1.807) is 62.4 Å². The Kier molecular flexibility index (Phi) is 6.56. The van der Waals surface area contributed by atoms with Gasteiger partial charge in [-0.2, -0.15) is 5.26 Å². The van der Waals surface area contributed by atoms with Gasteiger partial charge in [0.05, 0.1) is 5.56 Å². The summed E-state index contributed by atoms with van der Waals surface area (Å²) < 4.78 is 5.58. The van der Waals surface area contributed by atoms with Crippen LogP contribution in [0.5, 0.6) is 5.75 Å². The highest BCUT2D eigenvalue weighted by atomic mass is 16.5. The monoisotopic (exact) mass is 366 g/mol. The number of carboxylic acids is 1. The molecule has 0 aromatic heterocycles. The second-order valence-corrected chi connectivity index (χ2v) is 6.19. The molecule has 0 fully saturated rings. The van der Waals surface area contributed by atoms with Gasteiger partial charge in [0.25, 0.3) is 5.91 Å². The Morgan fingerprint density at radius 1 is 1.19 bits per heavy atom. The molecule has 0 heterocycles. The molecule has 0 aliphatic heterocycles. The van der Waals surface area contributed by atoms with Crippen LogP contribution in [0.1, 0.15) is 31.4 Å². The summed E-state index contributed by atoms with van der Waals surface area (Å²) in [5.41, 5.74) is -0.264. The molecule has 2 aromatic rings. The lowest BCUT2D eigenvalue weighted by Crippen LogP contribution is -2.48. The molecule has 0 saturated carbocycles. The first-order valence-corrected chi connectivity index (χ1v) is 8.67. The molecule has 2 N–H and O–H groups in total. The van der Waals surface area contributed by atoms with Gasteiger partial charge in [0.1, 0.15) is 17.2 Å². The third-order valence-corrected chi connectivity index (χ3v) is 4.58. The summed E-state index contributed by atoms with van der Waals surface area (Å²) in [5, 5.41) is 21.6. The van der Waals surface area contributed by atoms with Gasteiger partial charge in [-0.1, -0.05) is 49.4 Å². The summed E-state index contributed by atoms with van der Waals surface area (Å²) in [4.78, 5) is 24.4. The molecule has 1 amide bonds. The maximum absolute atomic E-state index is 12.5. The van der Waals surface area contributed by atoms with Crippen LogP contribution >= 0.6 is 0 Å². The van der Waals surface area contributed by atoms with Crippen molar-refractivity contribution in [1.29, 1.82) is 5.26 Å². The van der Waals surface area contributed by atoms with Crippen molar-refractivity contribution in [3.05, 3.63) is 65.7 Å². The van der Waals surface area contributed by atoms with Crippen LogP contribution in [0.3, 0.4) is 0 Å². The Bertz CT molecular complexity index is 845. The number of rotatable bonds is 8. The molecule has 0 aliphatic rings. The minimum atomic E-state index is -1.22. The first kappa shape index (κ1) is 20.0. The molecule has 2 atom stereocenters. The zero-order chi connectivity index (χ0) is 19.9. The van der Waals surface area contributed by atoms with Gasteiger partial charge in [-0.05, 0) is 31.0 Å². The average molecular weight is 366 g/mol. The molecule has 6 heteroatoms.